The van der Waals surface area contributed by atoms with Gasteiger partial charge in [0.2, 0.25) is 0 Å². The minimum atomic E-state index is -0.0129. The van der Waals surface area contributed by atoms with Crippen molar-refractivity contribution < 1.29 is 0 Å². The third-order valence-electron chi connectivity index (χ3n) is 4.40. The number of nitrogens with one attached hydrogen (secondary N) is 1. The van der Waals surface area contributed by atoms with Crippen molar-refractivity contribution in [2.75, 3.05) is 18.0 Å². The zero-order chi connectivity index (χ0) is 14.1. The molecule has 1 aromatic heterocycles. The van der Waals surface area contributed by atoms with E-state index < -0.39 is 0 Å². The van der Waals surface area contributed by atoms with Crippen LogP contribution in [0.25, 0.3) is 10.8 Å². The largest absolute Gasteiger partial charge is 0.358 e. The molecule has 4 heteroatoms. The standard InChI is InChI=1S/C16H21N3O/c1-2-11-10-19(8-7-14(11)17)15-9-12-5-3-4-6-13(12)16(20)18-15/h3-6,9,11,14H,2,7-8,10,17H2,1H3,(H,18,20). The molecule has 0 saturated carbocycles. The van der Waals surface area contributed by atoms with E-state index in [0.717, 1.165) is 42.5 Å². The van der Waals surface area contributed by atoms with Gasteiger partial charge in [-0.05, 0) is 29.9 Å². The Balaban J connectivity index is 1.96. The minimum Gasteiger partial charge on any atom is -0.358 e. The maximum Gasteiger partial charge on any atom is 0.257 e. The van der Waals surface area contributed by atoms with Gasteiger partial charge >= 0.3 is 0 Å². The van der Waals surface area contributed by atoms with Crippen LogP contribution in [-0.2, 0) is 0 Å². The Morgan fingerprint density at radius 3 is 3.00 bits per heavy atom. The van der Waals surface area contributed by atoms with Crippen LogP contribution in [-0.4, -0.2) is 24.1 Å². The van der Waals surface area contributed by atoms with Gasteiger partial charge in [-0.15, -0.1) is 0 Å². The van der Waals surface area contributed by atoms with E-state index in [4.69, 9.17) is 5.73 Å². The fourth-order valence-electron chi connectivity index (χ4n) is 3.07. The molecule has 1 aliphatic rings. The van der Waals surface area contributed by atoms with Crippen LogP contribution in [0.15, 0.2) is 35.1 Å². The molecule has 4 nitrogen and oxygen atoms in total. The molecule has 0 spiro atoms. The van der Waals surface area contributed by atoms with E-state index >= 15 is 0 Å². The summed E-state index contributed by atoms with van der Waals surface area (Å²) in [6.45, 7) is 4.01. The van der Waals surface area contributed by atoms with Gasteiger partial charge in [0.1, 0.15) is 5.82 Å². The number of H-pyrrole nitrogens is 1. The van der Waals surface area contributed by atoms with E-state index in [1.54, 1.807) is 0 Å². The molecule has 2 aromatic rings. The molecule has 2 unspecified atom stereocenters. The fourth-order valence-corrected chi connectivity index (χ4v) is 3.07. The van der Waals surface area contributed by atoms with Crippen molar-refractivity contribution >= 4 is 16.6 Å². The Morgan fingerprint density at radius 1 is 1.40 bits per heavy atom. The highest BCUT2D eigenvalue weighted by Crippen LogP contribution is 2.24. The molecule has 20 heavy (non-hydrogen) atoms. The second-order valence-corrected chi connectivity index (χ2v) is 5.64. The first-order valence-corrected chi connectivity index (χ1v) is 7.31. The lowest BCUT2D eigenvalue weighted by molar-refractivity contribution is 0.347. The van der Waals surface area contributed by atoms with Crippen LogP contribution in [0.2, 0.25) is 0 Å². The first-order valence-electron chi connectivity index (χ1n) is 7.31. The molecular weight excluding hydrogens is 250 g/mol. The van der Waals surface area contributed by atoms with Gasteiger partial charge in [-0.1, -0.05) is 31.5 Å². The quantitative estimate of drug-likeness (QED) is 0.879. The zero-order valence-electron chi connectivity index (χ0n) is 11.8. The summed E-state index contributed by atoms with van der Waals surface area (Å²) in [4.78, 5) is 17.4. The van der Waals surface area contributed by atoms with Crippen molar-refractivity contribution in [3.05, 3.63) is 40.7 Å². The number of aromatic amines is 1. The molecule has 0 aliphatic carbocycles. The van der Waals surface area contributed by atoms with Crippen molar-refractivity contribution in [2.24, 2.45) is 11.7 Å². The van der Waals surface area contributed by atoms with E-state index in [1.807, 2.05) is 24.3 Å². The molecular formula is C16H21N3O. The van der Waals surface area contributed by atoms with Crippen LogP contribution in [0.3, 0.4) is 0 Å². The third-order valence-corrected chi connectivity index (χ3v) is 4.40. The van der Waals surface area contributed by atoms with E-state index in [9.17, 15) is 4.79 Å². The number of benzene rings is 1. The second-order valence-electron chi connectivity index (χ2n) is 5.64. The molecule has 3 N–H and O–H groups in total. The van der Waals surface area contributed by atoms with E-state index in [1.165, 1.54) is 0 Å². The maximum atomic E-state index is 12.2. The van der Waals surface area contributed by atoms with Crippen LogP contribution in [0.5, 0.6) is 0 Å². The summed E-state index contributed by atoms with van der Waals surface area (Å²) >= 11 is 0. The SMILES string of the molecule is CCC1CN(c2cc3ccccc3c(=O)[nH]2)CCC1N. The Hall–Kier alpha value is -1.81. The summed E-state index contributed by atoms with van der Waals surface area (Å²) < 4.78 is 0. The predicted molar refractivity (Wildman–Crippen MR) is 83.2 cm³/mol. The smallest absolute Gasteiger partial charge is 0.257 e. The minimum absolute atomic E-state index is 0.0129. The lowest BCUT2D eigenvalue weighted by atomic mass is 9.91. The molecule has 1 saturated heterocycles. The van der Waals surface area contributed by atoms with Crippen molar-refractivity contribution in [3.8, 4) is 0 Å². The van der Waals surface area contributed by atoms with Gasteiger partial charge in [-0.2, -0.15) is 0 Å². The van der Waals surface area contributed by atoms with Crippen molar-refractivity contribution in [1.82, 2.24) is 4.98 Å². The lowest BCUT2D eigenvalue weighted by Gasteiger charge is -2.37. The van der Waals surface area contributed by atoms with Gasteiger partial charge in [-0.3, -0.25) is 4.79 Å². The van der Waals surface area contributed by atoms with E-state index in [-0.39, 0.29) is 11.6 Å². The Labute approximate surface area is 118 Å². The number of rotatable bonds is 2. The summed E-state index contributed by atoms with van der Waals surface area (Å²) in [5, 5.41) is 1.74. The van der Waals surface area contributed by atoms with Gasteiger partial charge < -0.3 is 15.6 Å². The van der Waals surface area contributed by atoms with Gasteiger partial charge in [0.25, 0.3) is 5.56 Å². The molecule has 0 radical (unpaired) electrons. The van der Waals surface area contributed by atoms with Crippen molar-refractivity contribution in [3.63, 3.8) is 0 Å². The second kappa shape index (κ2) is 5.29. The number of pyridine rings is 1. The highest BCUT2D eigenvalue weighted by atomic mass is 16.1. The molecule has 1 fully saturated rings. The van der Waals surface area contributed by atoms with Gasteiger partial charge in [-0.25, -0.2) is 0 Å². The highest BCUT2D eigenvalue weighted by Gasteiger charge is 2.25. The zero-order valence-corrected chi connectivity index (χ0v) is 11.8. The van der Waals surface area contributed by atoms with Gasteiger partial charge in [0.05, 0.1) is 0 Å². The van der Waals surface area contributed by atoms with E-state index in [0.29, 0.717) is 5.92 Å². The first kappa shape index (κ1) is 13.2. The number of nitrogens with zero attached hydrogens (tertiary/aromatic N) is 1. The summed E-state index contributed by atoms with van der Waals surface area (Å²) in [7, 11) is 0. The molecule has 3 rings (SSSR count). The van der Waals surface area contributed by atoms with Crippen molar-refractivity contribution in [2.45, 2.75) is 25.8 Å². The van der Waals surface area contributed by atoms with Crippen LogP contribution in [0, 0.1) is 5.92 Å². The molecule has 2 atom stereocenters. The molecule has 0 bridgehead atoms. The van der Waals surface area contributed by atoms with E-state index in [2.05, 4.69) is 22.9 Å². The van der Waals surface area contributed by atoms with Crippen LogP contribution >= 0.6 is 0 Å². The Morgan fingerprint density at radius 2 is 2.20 bits per heavy atom. The fraction of sp³-hybridized carbons (Fsp3) is 0.438. The average Bonchev–Trinajstić information content (AvgIpc) is 2.47. The summed E-state index contributed by atoms with van der Waals surface area (Å²) in [5.41, 5.74) is 6.14. The molecule has 106 valence electrons. The van der Waals surface area contributed by atoms with Gasteiger partial charge in [0, 0.05) is 24.5 Å². The highest BCUT2D eigenvalue weighted by molar-refractivity contribution is 5.83. The number of fused-ring (bicyclic) bond motifs is 1. The molecule has 0 amide bonds. The van der Waals surface area contributed by atoms with Crippen LogP contribution in [0.4, 0.5) is 5.82 Å². The monoisotopic (exact) mass is 271 g/mol. The molecule has 1 aromatic carbocycles. The first-order chi connectivity index (χ1) is 9.69. The molecule has 2 heterocycles. The van der Waals surface area contributed by atoms with Crippen LogP contribution in [0.1, 0.15) is 19.8 Å². The summed E-state index contributed by atoms with van der Waals surface area (Å²) in [6, 6.07) is 10.1. The number of aromatic nitrogens is 1. The Bertz CT molecular complexity index is 664. The van der Waals surface area contributed by atoms with Crippen molar-refractivity contribution in [1.29, 1.82) is 0 Å². The third kappa shape index (κ3) is 2.31. The summed E-state index contributed by atoms with van der Waals surface area (Å²) in [6.07, 6.45) is 2.06. The Kier molecular flexibility index (Phi) is 3.49. The number of anilines is 1. The summed E-state index contributed by atoms with van der Waals surface area (Å²) in [5.74, 6) is 1.41. The maximum absolute atomic E-state index is 12.2. The number of hydrogen-bond donors (Lipinski definition) is 2. The normalized spacial score (nSPS) is 23.2. The number of nitrogens with two attached hydrogens (primary N) is 1. The number of piperidine rings is 1. The topological polar surface area (TPSA) is 62.1 Å². The average molecular weight is 271 g/mol. The molecule has 1 aliphatic heterocycles. The van der Waals surface area contributed by atoms with Gasteiger partial charge in [0.15, 0.2) is 0 Å². The predicted octanol–water partition coefficient (Wildman–Crippen LogP) is 2.09. The van der Waals surface area contributed by atoms with Crippen LogP contribution < -0.4 is 16.2 Å². The lowest BCUT2D eigenvalue weighted by Crippen LogP contribution is -2.47. The number of hydrogen-bond acceptors (Lipinski definition) is 3.